The van der Waals surface area contributed by atoms with Gasteiger partial charge in [0.25, 0.3) is 0 Å². The van der Waals surface area contributed by atoms with Crippen molar-refractivity contribution in [3.8, 4) is 0 Å². The highest BCUT2D eigenvalue weighted by Crippen LogP contribution is 2.25. The normalized spacial score (nSPS) is 18.1. The lowest BCUT2D eigenvalue weighted by Gasteiger charge is -2.35. The van der Waals surface area contributed by atoms with Crippen molar-refractivity contribution in [1.82, 2.24) is 10.6 Å². The van der Waals surface area contributed by atoms with Crippen LogP contribution in [0.3, 0.4) is 0 Å². The van der Waals surface area contributed by atoms with Gasteiger partial charge in [-0.15, -0.1) is 0 Å². The van der Waals surface area contributed by atoms with Crippen LogP contribution in [-0.4, -0.2) is 20.1 Å². The van der Waals surface area contributed by atoms with Crippen LogP contribution in [0, 0.1) is 11.8 Å². The Balaban J connectivity index is 2.04. The van der Waals surface area contributed by atoms with Gasteiger partial charge in [-0.25, -0.2) is 0 Å². The quantitative estimate of drug-likeness (QED) is 0.814. The van der Waals surface area contributed by atoms with Gasteiger partial charge in [0.1, 0.15) is 0 Å². The molecular formula is C15H24N2. The summed E-state index contributed by atoms with van der Waals surface area (Å²) in [6.07, 6.45) is 1.18. The van der Waals surface area contributed by atoms with Gasteiger partial charge in [0.15, 0.2) is 0 Å². The molecule has 0 bridgehead atoms. The van der Waals surface area contributed by atoms with E-state index in [1.54, 1.807) is 0 Å². The minimum absolute atomic E-state index is 0.504. The standard InChI is InChI=1S/C15H24N2/c1-11(2)8-12-4-6-13(7-5-12)15(16-3)14-9-17-10-14/h4-7,11,14-17H,8-10H2,1-3H3. The van der Waals surface area contributed by atoms with E-state index in [0.29, 0.717) is 6.04 Å². The summed E-state index contributed by atoms with van der Waals surface area (Å²) in [6, 6.07) is 9.65. The summed E-state index contributed by atoms with van der Waals surface area (Å²) in [7, 11) is 2.06. The molecule has 1 saturated heterocycles. The number of nitrogens with one attached hydrogen (secondary N) is 2. The van der Waals surface area contributed by atoms with Crippen LogP contribution < -0.4 is 10.6 Å². The smallest absolute Gasteiger partial charge is 0.0370 e. The lowest BCUT2D eigenvalue weighted by atomic mass is 9.88. The van der Waals surface area contributed by atoms with Crippen LogP contribution in [0.4, 0.5) is 0 Å². The second-order valence-electron chi connectivity index (χ2n) is 5.52. The van der Waals surface area contributed by atoms with E-state index in [2.05, 4.69) is 55.8 Å². The fraction of sp³-hybridized carbons (Fsp3) is 0.600. The molecule has 0 radical (unpaired) electrons. The number of hydrogen-bond donors (Lipinski definition) is 2. The minimum Gasteiger partial charge on any atom is -0.316 e. The molecule has 0 spiro atoms. The summed E-state index contributed by atoms with van der Waals surface area (Å²) in [5, 5.41) is 6.78. The molecule has 94 valence electrons. The average molecular weight is 232 g/mol. The van der Waals surface area contributed by atoms with E-state index in [0.717, 1.165) is 24.9 Å². The average Bonchev–Trinajstić information content (AvgIpc) is 2.23. The molecule has 2 heteroatoms. The Bertz CT molecular complexity index is 338. The number of rotatable bonds is 5. The van der Waals surface area contributed by atoms with Crippen molar-refractivity contribution in [2.75, 3.05) is 20.1 Å². The molecule has 2 N–H and O–H groups in total. The van der Waals surface area contributed by atoms with Crippen molar-refractivity contribution in [2.24, 2.45) is 11.8 Å². The monoisotopic (exact) mass is 232 g/mol. The summed E-state index contributed by atoms with van der Waals surface area (Å²) in [6.45, 7) is 6.81. The van der Waals surface area contributed by atoms with Gasteiger partial charge >= 0.3 is 0 Å². The van der Waals surface area contributed by atoms with Crippen molar-refractivity contribution < 1.29 is 0 Å². The molecule has 1 aromatic rings. The Morgan fingerprint density at radius 3 is 2.29 bits per heavy atom. The molecule has 2 nitrogen and oxygen atoms in total. The van der Waals surface area contributed by atoms with E-state index in [9.17, 15) is 0 Å². The molecule has 2 rings (SSSR count). The second-order valence-corrected chi connectivity index (χ2v) is 5.52. The molecule has 1 heterocycles. The van der Waals surface area contributed by atoms with Crippen LogP contribution in [-0.2, 0) is 6.42 Å². The first kappa shape index (κ1) is 12.6. The zero-order valence-electron chi connectivity index (χ0n) is 11.2. The van der Waals surface area contributed by atoms with E-state index in [-0.39, 0.29) is 0 Å². The van der Waals surface area contributed by atoms with E-state index in [1.807, 2.05) is 0 Å². The molecule has 1 aliphatic rings. The number of hydrogen-bond acceptors (Lipinski definition) is 2. The predicted molar refractivity (Wildman–Crippen MR) is 73.1 cm³/mol. The SMILES string of the molecule is CNC(c1ccc(CC(C)C)cc1)C1CNC1. The highest BCUT2D eigenvalue weighted by molar-refractivity contribution is 5.26. The van der Waals surface area contributed by atoms with Crippen LogP contribution in [0.1, 0.15) is 31.0 Å². The lowest BCUT2D eigenvalue weighted by molar-refractivity contribution is 0.268. The fourth-order valence-corrected chi connectivity index (χ4v) is 2.55. The van der Waals surface area contributed by atoms with Gasteiger partial charge in [0.2, 0.25) is 0 Å². The molecule has 1 aliphatic heterocycles. The maximum atomic E-state index is 3.44. The maximum absolute atomic E-state index is 3.44. The first-order valence-corrected chi connectivity index (χ1v) is 6.67. The third kappa shape index (κ3) is 3.08. The molecule has 0 amide bonds. The van der Waals surface area contributed by atoms with E-state index >= 15 is 0 Å². The highest BCUT2D eigenvalue weighted by atomic mass is 15.0. The Morgan fingerprint density at radius 2 is 1.88 bits per heavy atom. The van der Waals surface area contributed by atoms with E-state index in [4.69, 9.17) is 0 Å². The fourth-order valence-electron chi connectivity index (χ4n) is 2.55. The molecular weight excluding hydrogens is 208 g/mol. The van der Waals surface area contributed by atoms with Gasteiger partial charge in [0.05, 0.1) is 0 Å². The molecule has 1 unspecified atom stereocenters. The molecule has 0 aromatic heterocycles. The third-order valence-corrected chi connectivity index (χ3v) is 3.58. The summed E-state index contributed by atoms with van der Waals surface area (Å²) in [5.74, 6) is 1.48. The van der Waals surface area contributed by atoms with Crippen molar-refractivity contribution >= 4 is 0 Å². The van der Waals surface area contributed by atoms with Crippen LogP contribution in [0.5, 0.6) is 0 Å². The van der Waals surface area contributed by atoms with Gasteiger partial charge in [-0.3, -0.25) is 0 Å². The summed E-state index contributed by atoms with van der Waals surface area (Å²) >= 11 is 0. The molecule has 0 aliphatic carbocycles. The third-order valence-electron chi connectivity index (χ3n) is 3.58. The Hall–Kier alpha value is -0.860. The predicted octanol–water partition coefficient (Wildman–Crippen LogP) is 2.37. The zero-order chi connectivity index (χ0) is 12.3. The van der Waals surface area contributed by atoms with Gasteiger partial charge in [-0.1, -0.05) is 38.1 Å². The van der Waals surface area contributed by atoms with Crippen LogP contribution in [0.2, 0.25) is 0 Å². The summed E-state index contributed by atoms with van der Waals surface area (Å²) < 4.78 is 0. The molecule has 17 heavy (non-hydrogen) atoms. The van der Waals surface area contributed by atoms with Crippen molar-refractivity contribution in [3.63, 3.8) is 0 Å². The topological polar surface area (TPSA) is 24.1 Å². The minimum atomic E-state index is 0.504. The zero-order valence-corrected chi connectivity index (χ0v) is 11.2. The molecule has 1 fully saturated rings. The van der Waals surface area contributed by atoms with Gasteiger partial charge in [-0.2, -0.15) is 0 Å². The molecule has 1 aromatic carbocycles. The van der Waals surface area contributed by atoms with Crippen LogP contribution in [0.15, 0.2) is 24.3 Å². The maximum Gasteiger partial charge on any atom is 0.0370 e. The Labute approximate surface area is 105 Å². The Morgan fingerprint density at radius 1 is 1.24 bits per heavy atom. The highest BCUT2D eigenvalue weighted by Gasteiger charge is 2.26. The van der Waals surface area contributed by atoms with Crippen molar-refractivity contribution in [1.29, 1.82) is 0 Å². The first-order valence-electron chi connectivity index (χ1n) is 6.67. The van der Waals surface area contributed by atoms with Gasteiger partial charge < -0.3 is 10.6 Å². The largest absolute Gasteiger partial charge is 0.316 e. The van der Waals surface area contributed by atoms with Crippen molar-refractivity contribution in [2.45, 2.75) is 26.3 Å². The van der Waals surface area contributed by atoms with Gasteiger partial charge in [0, 0.05) is 25.0 Å². The molecule has 0 saturated carbocycles. The van der Waals surface area contributed by atoms with E-state index in [1.165, 1.54) is 17.5 Å². The Kier molecular flexibility index (Phi) is 4.19. The lowest BCUT2D eigenvalue weighted by Crippen LogP contribution is -2.48. The van der Waals surface area contributed by atoms with E-state index < -0.39 is 0 Å². The first-order chi connectivity index (χ1) is 8.20. The van der Waals surface area contributed by atoms with Crippen molar-refractivity contribution in [3.05, 3.63) is 35.4 Å². The summed E-state index contributed by atoms with van der Waals surface area (Å²) in [5.41, 5.74) is 2.87. The number of benzene rings is 1. The summed E-state index contributed by atoms with van der Waals surface area (Å²) in [4.78, 5) is 0. The second kappa shape index (κ2) is 5.65. The molecule has 1 atom stereocenters. The van der Waals surface area contributed by atoms with Crippen LogP contribution in [0.25, 0.3) is 0 Å². The van der Waals surface area contributed by atoms with Gasteiger partial charge in [-0.05, 0) is 30.5 Å². The van der Waals surface area contributed by atoms with Crippen LogP contribution >= 0.6 is 0 Å².